The van der Waals surface area contributed by atoms with Gasteiger partial charge in [0.15, 0.2) is 0 Å². The van der Waals surface area contributed by atoms with E-state index in [1.54, 1.807) is 0 Å². The van der Waals surface area contributed by atoms with Gasteiger partial charge in [0, 0.05) is 37.5 Å². The van der Waals surface area contributed by atoms with Gasteiger partial charge in [0.05, 0.1) is 25.7 Å². The van der Waals surface area contributed by atoms with E-state index in [0.29, 0.717) is 43.9 Å². The van der Waals surface area contributed by atoms with Gasteiger partial charge >= 0.3 is 23.9 Å². The highest BCUT2D eigenvalue weighted by Gasteiger charge is 2.41. The van der Waals surface area contributed by atoms with Gasteiger partial charge in [-0.3, -0.25) is 19.2 Å². The molecule has 0 amide bonds. The molecule has 1 aliphatic rings. The lowest BCUT2D eigenvalue weighted by Gasteiger charge is -2.37. The summed E-state index contributed by atoms with van der Waals surface area (Å²) >= 11 is 0. The summed E-state index contributed by atoms with van der Waals surface area (Å²) in [5.41, 5.74) is 0. The van der Waals surface area contributed by atoms with Gasteiger partial charge in [-0.2, -0.15) is 0 Å². The maximum Gasteiger partial charge on any atom is 0.309 e. The van der Waals surface area contributed by atoms with Gasteiger partial charge in [0.2, 0.25) is 0 Å². The Morgan fingerprint density at radius 3 is 1.34 bits per heavy atom. The molecule has 4 atom stereocenters. The summed E-state index contributed by atoms with van der Waals surface area (Å²) in [4.78, 5) is 55.8. The normalized spacial score (nSPS) is 16.5. The predicted molar refractivity (Wildman–Crippen MR) is 292 cm³/mol. The Kier molecular flexibility index (Phi) is 43.9. The van der Waals surface area contributed by atoms with Gasteiger partial charge in [-0.1, -0.05) is 228 Å². The van der Waals surface area contributed by atoms with Crippen molar-refractivity contribution in [2.45, 2.75) is 299 Å². The zero-order chi connectivity index (χ0) is 51.3. The van der Waals surface area contributed by atoms with Crippen molar-refractivity contribution >= 4 is 23.9 Å². The topological polar surface area (TPSA) is 108 Å². The van der Waals surface area contributed by atoms with Crippen LogP contribution in [0.4, 0.5) is 0 Å². The van der Waals surface area contributed by atoms with Crippen LogP contribution in [-0.4, -0.2) is 74.3 Å². The van der Waals surface area contributed by atoms with Crippen molar-refractivity contribution in [2.24, 2.45) is 29.6 Å². The van der Waals surface area contributed by atoms with Crippen molar-refractivity contribution < 1.29 is 38.1 Å². The fourth-order valence-corrected chi connectivity index (χ4v) is 10.6. The van der Waals surface area contributed by atoms with Crippen molar-refractivity contribution in [1.82, 2.24) is 4.90 Å². The molecule has 0 aromatic carbocycles. The SMILES string of the molecule is CCCCCCCCCC(CCCCCCCCC)CC(=O)OCCC1OC(=O)C(C(C)COC(=O)CC(CCCCCCCCC)CCCCCCCCC)CC1COC(=O)CCCN(CC)CC. The quantitative estimate of drug-likeness (QED) is 0.0334. The summed E-state index contributed by atoms with van der Waals surface area (Å²) in [7, 11) is 0. The third-order valence-corrected chi connectivity index (χ3v) is 15.5. The second-order valence-corrected chi connectivity index (χ2v) is 21.8. The van der Waals surface area contributed by atoms with Crippen LogP contribution >= 0.6 is 0 Å². The fourth-order valence-electron chi connectivity index (χ4n) is 10.6. The number of hydrogen-bond donors (Lipinski definition) is 0. The van der Waals surface area contributed by atoms with E-state index in [-0.39, 0.29) is 55.5 Å². The molecule has 9 heteroatoms. The van der Waals surface area contributed by atoms with Crippen LogP contribution in [0.25, 0.3) is 0 Å². The average Bonchev–Trinajstić information content (AvgIpc) is 3.35. The number of carbonyl (C=O) groups is 4. The zero-order valence-electron chi connectivity index (χ0n) is 47.3. The number of carbonyl (C=O) groups excluding carboxylic acids is 4. The monoisotopic (exact) mass is 990 g/mol. The summed E-state index contributed by atoms with van der Waals surface area (Å²) in [6.45, 7) is 18.4. The maximum absolute atomic E-state index is 13.7. The van der Waals surface area contributed by atoms with Crippen LogP contribution in [0.5, 0.6) is 0 Å². The van der Waals surface area contributed by atoms with Gasteiger partial charge in [-0.05, 0) is 70.0 Å². The van der Waals surface area contributed by atoms with Gasteiger partial charge in [-0.15, -0.1) is 0 Å². The molecule has 0 bridgehead atoms. The number of ether oxygens (including phenoxy) is 4. The van der Waals surface area contributed by atoms with E-state index in [0.717, 1.165) is 77.4 Å². The first-order chi connectivity index (χ1) is 34.1. The Morgan fingerprint density at radius 2 is 0.929 bits per heavy atom. The molecule has 0 radical (unpaired) electrons. The fraction of sp³-hybridized carbons (Fsp3) is 0.934. The Labute approximate surface area is 432 Å². The van der Waals surface area contributed by atoms with E-state index in [4.69, 9.17) is 18.9 Å². The molecule has 1 fully saturated rings. The minimum absolute atomic E-state index is 0.136. The van der Waals surface area contributed by atoms with Crippen LogP contribution in [0.2, 0.25) is 0 Å². The molecule has 9 nitrogen and oxygen atoms in total. The third kappa shape index (κ3) is 35.9. The summed E-state index contributed by atoms with van der Waals surface area (Å²) < 4.78 is 23.9. The highest BCUT2D eigenvalue weighted by molar-refractivity contribution is 5.74. The van der Waals surface area contributed by atoms with Gasteiger partial charge in [0.1, 0.15) is 6.10 Å². The zero-order valence-corrected chi connectivity index (χ0v) is 47.3. The first kappa shape index (κ1) is 65.9. The van der Waals surface area contributed by atoms with Crippen molar-refractivity contribution in [3.63, 3.8) is 0 Å². The van der Waals surface area contributed by atoms with Crippen LogP contribution in [0.15, 0.2) is 0 Å². The van der Waals surface area contributed by atoms with Crippen molar-refractivity contribution in [2.75, 3.05) is 39.5 Å². The molecule has 1 aliphatic heterocycles. The molecular formula is C61H115NO8. The van der Waals surface area contributed by atoms with Crippen LogP contribution in [0.3, 0.4) is 0 Å². The van der Waals surface area contributed by atoms with Crippen LogP contribution in [-0.2, 0) is 38.1 Å². The lowest BCUT2D eigenvalue weighted by Crippen LogP contribution is -2.44. The van der Waals surface area contributed by atoms with E-state index in [2.05, 4.69) is 46.4 Å². The Morgan fingerprint density at radius 1 is 0.529 bits per heavy atom. The Hall–Kier alpha value is -2.16. The van der Waals surface area contributed by atoms with Crippen LogP contribution in [0, 0.1) is 29.6 Å². The Balaban J connectivity index is 2.91. The standard InChI is InChI=1S/C61H115NO8/c1-8-14-18-22-26-30-34-39-53(40-35-31-27-23-19-15-9-2)47-59(64)67-46-44-57-55(51-69-58(63)43-38-45-62(12-5)13-6)49-56(61(66)70-57)52(7)50-68-60(65)48-54(41-36-32-28-24-20-16-10-3)42-37-33-29-25-21-17-11-4/h52-57H,8-51H2,1-7H3. The van der Waals surface area contributed by atoms with E-state index in [9.17, 15) is 19.2 Å². The molecular weight excluding hydrogens is 875 g/mol. The molecule has 4 unspecified atom stereocenters. The number of nitrogens with zero attached hydrogens (tertiary/aromatic N) is 1. The molecule has 1 saturated heterocycles. The molecule has 0 aromatic rings. The van der Waals surface area contributed by atoms with Gasteiger partial charge < -0.3 is 23.8 Å². The van der Waals surface area contributed by atoms with E-state index >= 15 is 0 Å². The molecule has 0 N–H and O–H groups in total. The molecule has 0 aromatic heterocycles. The van der Waals surface area contributed by atoms with E-state index in [1.165, 1.54) is 154 Å². The second-order valence-electron chi connectivity index (χ2n) is 21.8. The van der Waals surface area contributed by atoms with E-state index in [1.807, 2.05) is 6.92 Å². The number of hydrogen-bond acceptors (Lipinski definition) is 9. The summed E-state index contributed by atoms with van der Waals surface area (Å²) in [6.07, 6.45) is 41.8. The molecule has 1 rings (SSSR count). The van der Waals surface area contributed by atoms with Gasteiger partial charge in [-0.25, -0.2) is 0 Å². The largest absolute Gasteiger partial charge is 0.466 e. The first-order valence-corrected chi connectivity index (χ1v) is 30.5. The maximum atomic E-state index is 13.7. The Bertz CT molecular complexity index is 1200. The lowest BCUT2D eigenvalue weighted by molar-refractivity contribution is -0.176. The smallest absolute Gasteiger partial charge is 0.309 e. The molecule has 412 valence electrons. The first-order valence-electron chi connectivity index (χ1n) is 30.5. The minimum Gasteiger partial charge on any atom is -0.466 e. The summed E-state index contributed by atoms with van der Waals surface area (Å²) in [6, 6.07) is 0. The number of unbranched alkanes of at least 4 members (excludes halogenated alkanes) is 24. The average molecular weight is 991 g/mol. The number of cyclic esters (lactones) is 1. The highest BCUT2D eigenvalue weighted by atomic mass is 16.6. The molecule has 0 spiro atoms. The molecule has 1 heterocycles. The number of rotatable bonds is 50. The van der Waals surface area contributed by atoms with E-state index < -0.39 is 12.0 Å². The molecule has 0 aliphatic carbocycles. The van der Waals surface area contributed by atoms with Crippen molar-refractivity contribution in [3.05, 3.63) is 0 Å². The summed E-state index contributed by atoms with van der Waals surface area (Å²) in [5, 5.41) is 0. The summed E-state index contributed by atoms with van der Waals surface area (Å²) in [5.74, 6) is -1.24. The highest BCUT2D eigenvalue weighted by Crippen LogP contribution is 2.34. The number of esters is 4. The van der Waals surface area contributed by atoms with Gasteiger partial charge in [0.25, 0.3) is 0 Å². The predicted octanol–water partition coefficient (Wildman–Crippen LogP) is 16.9. The lowest BCUT2D eigenvalue weighted by atomic mass is 9.80. The third-order valence-electron chi connectivity index (χ3n) is 15.5. The molecule has 70 heavy (non-hydrogen) atoms. The van der Waals surface area contributed by atoms with Crippen LogP contribution in [0.1, 0.15) is 292 Å². The van der Waals surface area contributed by atoms with Crippen molar-refractivity contribution in [1.29, 1.82) is 0 Å². The minimum atomic E-state index is -0.537. The molecule has 0 saturated carbocycles. The van der Waals surface area contributed by atoms with Crippen LogP contribution < -0.4 is 0 Å². The second kappa shape index (κ2) is 46.6. The van der Waals surface area contributed by atoms with Crippen molar-refractivity contribution in [3.8, 4) is 0 Å².